The average Bonchev–Trinajstić information content (AvgIpc) is 3.26. The molecule has 0 unspecified atom stereocenters. The van der Waals surface area contributed by atoms with Gasteiger partial charge in [0.25, 0.3) is 11.6 Å². The lowest BCUT2D eigenvalue weighted by atomic mass is 10.0. The normalized spacial score (nSPS) is 10.8. The molecule has 0 bridgehead atoms. The summed E-state index contributed by atoms with van der Waals surface area (Å²) in [5, 5.41) is 25.1. The number of nitrogens with one attached hydrogen (secondary N) is 2. The maximum absolute atomic E-state index is 12.4. The maximum atomic E-state index is 12.4. The van der Waals surface area contributed by atoms with E-state index >= 15 is 0 Å². The van der Waals surface area contributed by atoms with Gasteiger partial charge in [0.2, 0.25) is 5.91 Å². The lowest BCUT2D eigenvalue weighted by Gasteiger charge is -2.15. The number of ether oxygens (including phenoxy) is 1. The zero-order valence-electron chi connectivity index (χ0n) is 21.2. The van der Waals surface area contributed by atoms with Crippen molar-refractivity contribution in [1.82, 2.24) is 20.1 Å². The van der Waals surface area contributed by atoms with E-state index in [9.17, 15) is 19.7 Å². The van der Waals surface area contributed by atoms with Gasteiger partial charge < -0.3 is 19.9 Å². The van der Waals surface area contributed by atoms with E-state index in [4.69, 9.17) is 4.74 Å². The van der Waals surface area contributed by atoms with Crippen molar-refractivity contribution in [3.05, 3.63) is 69.5 Å². The number of carbonyl (C=O) groups excluding carboxylic acids is 2. The molecule has 37 heavy (non-hydrogen) atoms. The van der Waals surface area contributed by atoms with Gasteiger partial charge >= 0.3 is 0 Å². The van der Waals surface area contributed by atoms with Gasteiger partial charge in [0, 0.05) is 24.4 Å². The molecular weight excluding hydrogens is 496 g/mol. The van der Waals surface area contributed by atoms with Crippen molar-refractivity contribution in [3.8, 4) is 5.75 Å². The van der Waals surface area contributed by atoms with Gasteiger partial charge in [-0.3, -0.25) is 19.7 Å². The van der Waals surface area contributed by atoms with Gasteiger partial charge in [0.1, 0.15) is 5.75 Å². The predicted octanol–water partition coefficient (Wildman–Crippen LogP) is 4.06. The number of nitrogens with zero attached hydrogens (tertiary/aromatic N) is 4. The van der Waals surface area contributed by atoms with Crippen LogP contribution in [0.4, 0.5) is 11.4 Å². The predicted molar refractivity (Wildman–Crippen MR) is 141 cm³/mol. The molecule has 2 aromatic carbocycles. The molecule has 3 aromatic rings. The summed E-state index contributed by atoms with van der Waals surface area (Å²) in [6.07, 6.45) is 0. The number of amides is 2. The molecule has 0 saturated carbocycles. The molecule has 196 valence electrons. The molecule has 0 atom stereocenters. The van der Waals surface area contributed by atoms with Crippen molar-refractivity contribution >= 4 is 35.0 Å². The van der Waals surface area contributed by atoms with Crippen LogP contribution in [0.5, 0.6) is 5.75 Å². The molecule has 0 aliphatic heterocycles. The average molecular weight is 527 g/mol. The Morgan fingerprint density at radius 2 is 1.86 bits per heavy atom. The van der Waals surface area contributed by atoms with E-state index in [-0.39, 0.29) is 42.3 Å². The Hall–Kier alpha value is -3.93. The van der Waals surface area contributed by atoms with Gasteiger partial charge in [-0.05, 0) is 49.1 Å². The van der Waals surface area contributed by atoms with Crippen LogP contribution in [0.3, 0.4) is 0 Å². The fourth-order valence-corrected chi connectivity index (χ4v) is 4.30. The van der Waals surface area contributed by atoms with Crippen LogP contribution in [0, 0.1) is 17.0 Å². The number of non-ortho nitro benzene ring substituents is 1. The van der Waals surface area contributed by atoms with Crippen LogP contribution in [0.2, 0.25) is 0 Å². The lowest BCUT2D eigenvalue weighted by Crippen LogP contribution is -2.29. The number of hydrogen-bond acceptors (Lipinski definition) is 8. The number of carbonyl (C=O) groups is 2. The zero-order valence-corrected chi connectivity index (χ0v) is 22.0. The van der Waals surface area contributed by atoms with Crippen molar-refractivity contribution < 1.29 is 19.2 Å². The molecular formula is C25H30N6O5S. The third-order valence-corrected chi connectivity index (χ3v) is 6.36. The summed E-state index contributed by atoms with van der Waals surface area (Å²) in [5.74, 6) is 1.05. The van der Waals surface area contributed by atoms with Crippen molar-refractivity contribution in [2.45, 2.75) is 51.9 Å². The van der Waals surface area contributed by atoms with Crippen molar-refractivity contribution in [1.29, 1.82) is 0 Å². The fraction of sp³-hybridized carbons (Fsp3) is 0.360. The van der Waals surface area contributed by atoms with Crippen LogP contribution >= 0.6 is 11.8 Å². The maximum Gasteiger partial charge on any atom is 0.269 e. The third kappa shape index (κ3) is 7.78. The summed E-state index contributed by atoms with van der Waals surface area (Å²) in [6.45, 7) is 8.65. The van der Waals surface area contributed by atoms with E-state index in [0.717, 1.165) is 11.1 Å². The van der Waals surface area contributed by atoms with Crippen molar-refractivity contribution in [2.24, 2.45) is 0 Å². The summed E-state index contributed by atoms with van der Waals surface area (Å²) < 4.78 is 7.61. The number of hydrogen-bond donors (Lipinski definition) is 2. The lowest BCUT2D eigenvalue weighted by molar-refractivity contribution is -0.384. The van der Waals surface area contributed by atoms with Crippen LogP contribution in [0.1, 0.15) is 43.6 Å². The monoisotopic (exact) mass is 526 g/mol. The van der Waals surface area contributed by atoms with E-state index in [0.29, 0.717) is 29.0 Å². The number of nitro benzene ring substituents is 1. The minimum Gasteiger partial charge on any atom is -0.483 e. The first-order chi connectivity index (χ1) is 17.7. The van der Waals surface area contributed by atoms with E-state index in [1.165, 1.54) is 36.0 Å². The Labute approximate surface area is 219 Å². The Balaban J connectivity index is 1.50. The van der Waals surface area contributed by atoms with Crippen LogP contribution in [-0.4, -0.2) is 43.9 Å². The van der Waals surface area contributed by atoms with Crippen LogP contribution < -0.4 is 15.4 Å². The first-order valence-corrected chi connectivity index (χ1v) is 12.8. The number of thioether (sulfide) groups is 1. The Morgan fingerprint density at radius 3 is 2.51 bits per heavy atom. The number of aromatic nitrogens is 3. The van der Waals surface area contributed by atoms with E-state index in [1.807, 2.05) is 36.6 Å². The van der Waals surface area contributed by atoms with Gasteiger partial charge in [0.15, 0.2) is 17.6 Å². The van der Waals surface area contributed by atoms with Gasteiger partial charge in [-0.15, -0.1) is 10.2 Å². The minimum atomic E-state index is -0.501. The van der Waals surface area contributed by atoms with E-state index in [1.54, 1.807) is 0 Å². The van der Waals surface area contributed by atoms with Gasteiger partial charge in [-0.2, -0.15) is 0 Å². The molecule has 2 N–H and O–H groups in total. The molecule has 2 amide bonds. The van der Waals surface area contributed by atoms with Gasteiger partial charge in [-0.25, -0.2) is 0 Å². The second-order valence-corrected chi connectivity index (χ2v) is 9.49. The summed E-state index contributed by atoms with van der Waals surface area (Å²) >= 11 is 1.21. The van der Waals surface area contributed by atoms with Crippen LogP contribution in [0.15, 0.2) is 47.6 Å². The Kier molecular flexibility index (Phi) is 9.61. The standard InChI is InChI=1S/C25H30N6O5S/c1-5-30-22(13-26-23(32)14-36-21-12-17(4)6-11-20(21)16(2)3)28-29-25(30)37-15-24(33)27-18-7-9-19(10-8-18)31(34)35/h6-12,16H,5,13-15H2,1-4H3,(H,26,32)(H,27,33). The second-order valence-electron chi connectivity index (χ2n) is 8.55. The van der Waals surface area contributed by atoms with E-state index in [2.05, 4.69) is 34.7 Å². The number of nitro groups is 1. The van der Waals surface area contributed by atoms with E-state index < -0.39 is 4.92 Å². The summed E-state index contributed by atoms with van der Waals surface area (Å²) in [4.78, 5) is 35.0. The molecule has 12 heteroatoms. The SMILES string of the molecule is CCn1c(CNC(=O)COc2cc(C)ccc2C(C)C)nnc1SCC(=O)Nc1ccc([N+](=O)[O-])cc1. The second kappa shape index (κ2) is 12.9. The minimum absolute atomic E-state index is 0.0509. The van der Waals surface area contributed by atoms with Crippen molar-refractivity contribution in [2.75, 3.05) is 17.7 Å². The molecule has 0 aliphatic rings. The summed E-state index contributed by atoms with van der Waals surface area (Å²) in [7, 11) is 0. The first kappa shape index (κ1) is 27.7. The molecule has 1 aromatic heterocycles. The molecule has 0 spiro atoms. The molecule has 0 radical (unpaired) electrons. The molecule has 11 nitrogen and oxygen atoms in total. The topological polar surface area (TPSA) is 141 Å². The largest absolute Gasteiger partial charge is 0.483 e. The zero-order chi connectivity index (χ0) is 26.9. The highest BCUT2D eigenvalue weighted by Gasteiger charge is 2.15. The smallest absolute Gasteiger partial charge is 0.269 e. The fourth-order valence-electron chi connectivity index (χ4n) is 3.48. The quantitative estimate of drug-likeness (QED) is 0.204. The summed E-state index contributed by atoms with van der Waals surface area (Å²) in [6, 6.07) is 11.6. The number of aryl methyl sites for hydroxylation is 1. The number of rotatable bonds is 12. The highest BCUT2D eigenvalue weighted by molar-refractivity contribution is 7.99. The molecule has 0 saturated heterocycles. The molecule has 0 fully saturated rings. The molecule has 0 aliphatic carbocycles. The molecule has 1 heterocycles. The Bertz CT molecular complexity index is 1260. The number of anilines is 1. The third-order valence-electron chi connectivity index (χ3n) is 5.40. The number of benzene rings is 2. The van der Waals surface area contributed by atoms with Crippen LogP contribution in [0.25, 0.3) is 0 Å². The Morgan fingerprint density at radius 1 is 1.14 bits per heavy atom. The highest BCUT2D eigenvalue weighted by Crippen LogP contribution is 2.27. The van der Waals surface area contributed by atoms with Gasteiger partial charge in [-0.1, -0.05) is 37.7 Å². The first-order valence-electron chi connectivity index (χ1n) is 11.8. The summed E-state index contributed by atoms with van der Waals surface area (Å²) in [5.41, 5.74) is 2.51. The molecule has 3 rings (SSSR count). The highest BCUT2D eigenvalue weighted by atomic mass is 32.2. The van der Waals surface area contributed by atoms with Crippen molar-refractivity contribution in [3.63, 3.8) is 0 Å². The van der Waals surface area contributed by atoms with Crippen LogP contribution in [-0.2, 0) is 22.7 Å². The van der Waals surface area contributed by atoms with Gasteiger partial charge in [0.05, 0.1) is 17.2 Å².